The molecule has 2 aromatic rings. The predicted octanol–water partition coefficient (Wildman–Crippen LogP) is 6.49. The summed E-state index contributed by atoms with van der Waals surface area (Å²) in [6.07, 6.45) is 3.10. The van der Waals surface area contributed by atoms with Crippen LogP contribution in [0.15, 0.2) is 55.1 Å². The average Bonchev–Trinajstić information content (AvgIpc) is 2.82. The molecule has 1 fully saturated rings. The highest BCUT2D eigenvalue weighted by Gasteiger charge is 2.51. The Kier molecular flexibility index (Phi) is 9.25. The molecule has 3 rings (SSSR count). The fourth-order valence-corrected chi connectivity index (χ4v) is 6.11. The molecular formula is C27H33Cl2FN2O3S. The first-order valence-corrected chi connectivity index (χ1v) is 14.5. The van der Waals surface area contributed by atoms with E-state index in [9.17, 15) is 17.6 Å². The Hall–Kier alpha value is -1.93. The molecule has 0 aliphatic carbocycles. The zero-order valence-electron chi connectivity index (χ0n) is 20.8. The van der Waals surface area contributed by atoms with E-state index in [0.29, 0.717) is 29.8 Å². The molecule has 196 valence electrons. The molecule has 1 amide bonds. The number of likely N-dealkylation sites (tertiary alicyclic amines) is 1. The van der Waals surface area contributed by atoms with Crippen molar-refractivity contribution in [3.05, 3.63) is 82.1 Å². The zero-order chi connectivity index (χ0) is 26.7. The summed E-state index contributed by atoms with van der Waals surface area (Å²) >= 11 is 12.4. The molecule has 1 N–H and O–H groups in total. The van der Waals surface area contributed by atoms with Crippen LogP contribution in [0, 0.1) is 11.2 Å². The van der Waals surface area contributed by atoms with Crippen LogP contribution in [0.3, 0.4) is 0 Å². The Morgan fingerprint density at radius 3 is 2.39 bits per heavy atom. The van der Waals surface area contributed by atoms with Crippen LogP contribution in [-0.2, 0) is 14.8 Å². The van der Waals surface area contributed by atoms with Gasteiger partial charge in [0.15, 0.2) is 0 Å². The number of hydrogen-bond donors (Lipinski definition) is 1. The van der Waals surface area contributed by atoms with E-state index in [4.69, 9.17) is 23.2 Å². The van der Waals surface area contributed by atoms with Crippen LogP contribution in [0.1, 0.15) is 63.1 Å². The Morgan fingerprint density at radius 1 is 1.17 bits per heavy atom. The Morgan fingerprint density at radius 2 is 1.83 bits per heavy atom. The smallest absolute Gasteiger partial charge is 0.229 e. The second-order valence-corrected chi connectivity index (χ2v) is 12.6. The van der Waals surface area contributed by atoms with Gasteiger partial charge in [-0.3, -0.25) is 4.79 Å². The largest absolute Gasteiger partial charge is 0.330 e. The molecule has 0 radical (unpaired) electrons. The van der Waals surface area contributed by atoms with Crippen molar-refractivity contribution in [1.29, 1.82) is 0 Å². The molecular weight excluding hydrogens is 522 g/mol. The Bertz CT molecular complexity index is 1190. The summed E-state index contributed by atoms with van der Waals surface area (Å²) in [4.78, 5) is 16.0. The van der Waals surface area contributed by atoms with Crippen molar-refractivity contribution in [3.8, 4) is 0 Å². The van der Waals surface area contributed by atoms with Gasteiger partial charge >= 0.3 is 0 Å². The van der Waals surface area contributed by atoms with Gasteiger partial charge in [-0.1, -0.05) is 55.3 Å². The van der Waals surface area contributed by atoms with Crippen LogP contribution in [0.25, 0.3) is 0 Å². The van der Waals surface area contributed by atoms with Gasteiger partial charge < -0.3 is 4.90 Å². The summed E-state index contributed by atoms with van der Waals surface area (Å²) in [5, 5.41) is 0.827. The molecule has 0 saturated carbocycles. The standard InChI is InChI=1S/C27H33Cl2FN2O3S/c1-5-12-27(4)16-24(19-13-21(29)15-22(30)14-19)25(18-8-10-20(28)11-9-18)32(26(27)33)23(6-2)17-31-36(34,35)7-3/h5,8-11,13-15,23-25,31H,1,6-7,12,16-17H2,2-4H3/t23-,24-,25-,27+/m1/s1. The molecule has 36 heavy (non-hydrogen) atoms. The van der Waals surface area contributed by atoms with Gasteiger partial charge in [-0.2, -0.15) is 0 Å². The summed E-state index contributed by atoms with van der Waals surface area (Å²) in [7, 11) is -3.47. The first-order valence-electron chi connectivity index (χ1n) is 12.1. The van der Waals surface area contributed by atoms with E-state index in [0.717, 1.165) is 5.56 Å². The maximum Gasteiger partial charge on any atom is 0.229 e. The SMILES string of the molecule is C=CC[C@@]1(C)C[C@H](c2cc(F)cc(Cl)c2)[C@@H](c2ccc(Cl)cc2)N([C@H](CC)CNS(=O)(=O)CC)C1=O. The Balaban J connectivity index is 2.22. The number of allylic oxidation sites excluding steroid dienone is 1. The van der Waals surface area contributed by atoms with E-state index in [1.54, 1.807) is 36.1 Å². The van der Waals surface area contributed by atoms with Crippen molar-refractivity contribution >= 4 is 39.1 Å². The van der Waals surface area contributed by atoms with Gasteiger partial charge in [-0.25, -0.2) is 17.5 Å². The minimum atomic E-state index is -3.47. The monoisotopic (exact) mass is 554 g/mol. The van der Waals surface area contributed by atoms with Crippen molar-refractivity contribution in [2.24, 2.45) is 5.41 Å². The first-order chi connectivity index (χ1) is 16.9. The maximum atomic E-state index is 14.5. The van der Waals surface area contributed by atoms with Crippen LogP contribution in [0.4, 0.5) is 4.39 Å². The molecule has 5 nitrogen and oxygen atoms in total. The number of sulfonamides is 1. The molecule has 0 bridgehead atoms. The lowest BCUT2D eigenvalue weighted by Crippen LogP contribution is -2.57. The molecule has 1 aliphatic rings. The van der Waals surface area contributed by atoms with E-state index in [1.165, 1.54) is 12.1 Å². The van der Waals surface area contributed by atoms with E-state index < -0.39 is 33.3 Å². The second-order valence-electron chi connectivity index (χ2n) is 9.59. The number of hydrogen-bond acceptors (Lipinski definition) is 3. The number of amides is 1. The second kappa shape index (κ2) is 11.6. The molecule has 0 aromatic heterocycles. The quantitative estimate of drug-likeness (QED) is 0.341. The highest BCUT2D eigenvalue weighted by molar-refractivity contribution is 7.89. The molecule has 1 saturated heterocycles. The third-order valence-electron chi connectivity index (χ3n) is 7.01. The number of halogens is 3. The third-order valence-corrected chi connectivity index (χ3v) is 8.84. The first kappa shape index (κ1) is 28.6. The lowest BCUT2D eigenvalue weighted by molar-refractivity contribution is -0.154. The summed E-state index contributed by atoms with van der Waals surface area (Å²) < 4.78 is 41.7. The van der Waals surface area contributed by atoms with Gasteiger partial charge in [0.1, 0.15) is 5.82 Å². The Labute approximate surface area is 223 Å². The minimum absolute atomic E-state index is 0.0589. The van der Waals surface area contributed by atoms with Crippen LogP contribution in [0.2, 0.25) is 10.0 Å². The number of carbonyl (C=O) groups excluding carboxylic acids is 1. The van der Waals surface area contributed by atoms with E-state index >= 15 is 0 Å². The molecule has 9 heteroatoms. The normalized spacial score (nSPS) is 23.5. The summed E-state index contributed by atoms with van der Waals surface area (Å²) in [6, 6.07) is 10.8. The number of nitrogens with one attached hydrogen (secondary N) is 1. The number of nitrogens with zero attached hydrogens (tertiary/aromatic N) is 1. The summed E-state index contributed by atoms with van der Waals surface area (Å²) in [5.74, 6) is -0.914. The molecule has 1 heterocycles. The van der Waals surface area contributed by atoms with Gasteiger partial charge in [-0.15, -0.1) is 6.58 Å². The average molecular weight is 556 g/mol. The maximum absolute atomic E-state index is 14.5. The van der Waals surface area contributed by atoms with E-state index in [1.807, 2.05) is 26.0 Å². The van der Waals surface area contributed by atoms with Crippen LogP contribution >= 0.6 is 23.2 Å². The third kappa shape index (κ3) is 6.31. The van der Waals surface area contributed by atoms with E-state index in [-0.39, 0.29) is 29.1 Å². The fourth-order valence-electron chi connectivity index (χ4n) is 5.11. The lowest BCUT2D eigenvalue weighted by atomic mass is 9.67. The number of rotatable bonds is 10. The van der Waals surface area contributed by atoms with Crippen molar-refractivity contribution in [3.63, 3.8) is 0 Å². The predicted molar refractivity (Wildman–Crippen MR) is 144 cm³/mol. The summed E-state index contributed by atoms with van der Waals surface area (Å²) in [5.41, 5.74) is 0.692. The number of benzene rings is 2. The zero-order valence-corrected chi connectivity index (χ0v) is 23.1. The lowest BCUT2D eigenvalue weighted by Gasteiger charge is -2.52. The fraction of sp³-hybridized carbons (Fsp3) is 0.444. The highest BCUT2D eigenvalue weighted by Crippen LogP contribution is 2.52. The minimum Gasteiger partial charge on any atom is -0.330 e. The highest BCUT2D eigenvalue weighted by atomic mass is 35.5. The van der Waals surface area contributed by atoms with Gasteiger partial charge in [0.25, 0.3) is 0 Å². The number of carbonyl (C=O) groups is 1. The van der Waals surface area contributed by atoms with Crippen molar-refractivity contribution < 1.29 is 17.6 Å². The summed E-state index contributed by atoms with van der Waals surface area (Å²) in [6.45, 7) is 9.31. The van der Waals surface area contributed by atoms with Crippen LogP contribution < -0.4 is 4.72 Å². The van der Waals surface area contributed by atoms with Gasteiger partial charge in [0.2, 0.25) is 15.9 Å². The molecule has 0 unspecified atom stereocenters. The van der Waals surface area contributed by atoms with Gasteiger partial charge in [0.05, 0.1) is 17.2 Å². The number of piperidine rings is 1. The van der Waals surface area contributed by atoms with Crippen molar-refractivity contribution in [2.75, 3.05) is 12.3 Å². The molecule has 1 aliphatic heterocycles. The molecule has 2 aromatic carbocycles. The topological polar surface area (TPSA) is 66.5 Å². The van der Waals surface area contributed by atoms with Gasteiger partial charge in [0, 0.05) is 28.5 Å². The van der Waals surface area contributed by atoms with Crippen molar-refractivity contribution in [1.82, 2.24) is 9.62 Å². The van der Waals surface area contributed by atoms with Gasteiger partial charge in [-0.05, 0) is 67.6 Å². The van der Waals surface area contributed by atoms with Crippen LogP contribution in [0.5, 0.6) is 0 Å². The van der Waals surface area contributed by atoms with E-state index in [2.05, 4.69) is 11.3 Å². The van der Waals surface area contributed by atoms with Crippen molar-refractivity contribution in [2.45, 2.75) is 58.0 Å². The van der Waals surface area contributed by atoms with Crippen LogP contribution in [-0.4, -0.2) is 37.6 Å². The molecule has 4 atom stereocenters. The molecule has 0 spiro atoms.